The van der Waals surface area contributed by atoms with Crippen LogP contribution in [-0.4, -0.2) is 52.3 Å². The molecule has 2 amide bonds. The van der Waals surface area contributed by atoms with Gasteiger partial charge in [0.25, 0.3) is 0 Å². The largest absolute Gasteiger partial charge is 0.478 e. The maximum atomic E-state index is 11.5. The van der Waals surface area contributed by atoms with Crippen LogP contribution in [0, 0.1) is 0 Å². The van der Waals surface area contributed by atoms with Crippen LogP contribution in [0.15, 0.2) is 18.3 Å². The normalized spacial score (nSPS) is 9.89. The van der Waals surface area contributed by atoms with Gasteiger partial charge in [-0.3, -0.25) is 4.98 Å². The number of hydrogen-bond acceptors (Lipinski definition) is 4. The van der Waals surface area contributed by atoms with Crippen LogP contribution in [0.1, 0.15) is 16.1 Å². The number of aliphatic hydroxyl groups excluding tert-OH is 1. The van der Waals surface area contributed by atoms with Crippen LogP contribution in [-0.2, 0) is 6.54 Å². The number of hydrogen-bond donors (Lipinski definition) is 3. The summed E-state index contributed by atoms with van der Waals surface area (Å²) in [4.78, 5) is 27.5. The molecule has 0 aliphatic heterocycles. The Morgan fingerprint density at radius 1 is 1.50 bits per heavy atom. The number of nitrogens with one attached hydrogen (secondary N) is 1. The molecule has 0 aromatic carbocycles. The van der Waals surface area contributed by atoms with Crippen LogP contribution in [0.25, 0.3) is 0 Å². The average molecular weight is 253 g/mol. The van der Waals surface area contributed by atoms with Crippen molar-refractivity contribution in [3.05, 3.63) is 29.6 Å². The van der Waals surface area contributed by atoms with Crippen LogP contribution < -0.4 is 5.32 Å². The van der Waals surface area contributed by atoms with E-state index in [0.717, 1.165) is 0 Å². The number of likely N-dealkylation sites (N-methyl/N-ethyl adjacent to an activating group) is 1. The van der Waals surface area contributed by atoms with Crippen molar-refractivity contribution < 1.29 is 19.8 Å². The lowest BCUT2D eigenvalue weighted by atomic mass is 10.2. The number of carboxylic acid groups (broad SMARTS) is 1. The summed E-state index contributed by atoms with van der Waals surface area (Å²) >= 11 is 0. The molecule has 0 saturated heterocycles. The summed E-state index contributed by atoms with van der Waals surface area (Å²) in [7, 11) is 1.55. The lowest BCUT2D eigenvalue weighted by Gasteiger charge is -2.16. The summed E-state index contributed by atoms with van der Waals surface area (Å²) in [5.74, 6) is -1.04. The number of carbonyl (C=O) groups excluding carboxylic acids is 1. The topological polar surface area (TPSA) is 103 Å². The van der Waals surface area contributed by atoms with Crippen LogP contribution in [0.5, 0.6) is 0 Å². The smallest absolute Gasteiger partial charge is 0.335 e. The van der Waals surface area contributed by atoms with Crippen LogP contribution in [0.3, 0.4) is 0 Å². The molecule has 0 fully saturated rings. The van der Waals surface area contributed by atoms with Crippen molar-refractivity contribution in [2.45, 2.75) is 6.54 Å². The third-order valence-corrected chi connectivity index (χ3v) is 2.27. The van der Waals surface area contributed by atoms with E-state index in [0.29, 0.717) is 5.69 Å². The third-order valence-electron chi connectivity index (χ3n) is 2.27. The van der Waals surface area contributed by atoms with Crippen molar-refractivity contribution in [1.29, 1.82) is 0 Å². The lowest BCUT2D eigenvalue weighted by Crippen LogP contribution is -2.38. The molecular weight excluding hydrogens is 238 g/mol. The van der Waals surface area contributed by atoms with Crippen molar-refractivity contribution in [2.24, 2.45) is 0 Å². The molecule has 3 N–H and O–H groups in total. The number of rotatable bonds is 5. The maximum absolute atomic E-state index is 11.5. The molecule has 0 aliphatic carbocycles. The summed E-state index contributed by atoms with van der Waals surface area (Å²) in [6, 6.07) is 2.42. The van der Waals surface area contributed by atoms with E-state index in [1.165, 1.54) is 23.2 Å². The van der Waals surface area contributed by atoms with Gasteiger partial charge in [0, 0.05) is 19.8 Å². The molecule has 0 radical (unpaired) electrons. The first-order valence-electron chi connectivity index (χ1n) is 5.32. The highest BCUT2D eigenvalue weighted by Crippen LogP contribution is 2.01. The van der Waals surface area contributed by atoms with Gasteiger partial charge in [0.05, 0.1) is 24.4 Å². The second-order valence-corrected chi connectivity index (χ2v) is 3.64. The van der Waals surface area contributed by atoms with Gasteiger partial charge in [0.2, 0.25) is 0 Å². The Hall–Kier alpha value is -2.15. The van der Waals surface area contributed by atoms with Gasteiger partial charge in [-0.25, -0.2) is 9.59 Å². The van der Waals surface area contributed by atoms with Gasteiger partial charge in [-0.05, 0) is 12.1 Å². The minimum Gasteiger partial charge on any atom is -0.478 e. The quantitative estimate of drug-likeness (QED) is 0.680. The molecule has 0 bridgehead atoms. The standard InChI is InChI=1S/C11H15N3O4/c1-14(4-5-15)11(18)13-7-9-6-8(10(16)17)2-3-12-9/h2-3,6,15H,4-5,7H2,1H3,(H,13,18)(H,16,17). The van der Waals surface area contributed by atoms with E-state index in [1.807, 2.05) is 0 Å². The molecule has 98 valence electrons. The first kappa shape index (κ1) is 13.9. The molecular formula is C11H15N3O4. The zero-order valence-corrected chi connectivity index (χ0v) is 9.96. The number of pyridine rings is 1. The minimum absolute atomic E-state index is 0.114. The molecule has 1 aromatic rings. The zero-order valence-electron chi connectivity index (χ0n) is 9.96. The molecule has 1 heterocycles. The van der Waals surface area contributed by atoms with E-state index in [9.17, 15) is 9.59 Å². The van der Waals surface area contributed by atoms with Crippen LogP contribution >= 0.6 is 0 Å². The number of amides is 2. The van der Waals surface area contributed by atoms with Gasteiger partial charge in [-0.15, -0.1) is 0 Å². The Labute approximate surface area is 104 Å². The molecule has 7 heteroatoms. The highest BCUT2D eigenvalue weighted by Gasteiger charge is 2.08. The number of nitrogens with zero attached hydrogens (tertiary/aromatic N) is 2. The van der Waals surface area contributed by atoms with E-state index in [1.54, 1.807) is 7.05 Å². The molecule has 0 aliphatic rings. The lowest BCUT2D eigenvalue weighted by molar-refractivity contribution is 0.0696. The second-order valence-electron chi connectivity index (χ2n) is 3.64. The number of carboxylic acids is 1. The van der Waals surface area contributed by atoms with Crippen LogP contribution in [0.4, 0.5) is 4.79 Å². The van der Waals surface area contributed by atoms with Gasteiger partial charge in [-0.1, -0.05) is 0 Å². The number of aromatic carboxylic acids is 1. The Kier molecular flexibility index (Phi) is 5.06. The molecule has 18 heavy (non-hydrogen) atoms. The third kappa shape index (κ3) is 4.02. The Bertz CT molecular complexity index is 436. The minimum atomic E-state index is -1.04. The molecule has 0 unspecified atom stereocenters. The molecule has 7 nitrogen and oxygen atoms in total. The first-order valence-corrected chi connectivity index (χ1v) is 5.32. The molecule has 0 atom stereocenters. The Balaban J connectivity index is 2.55. The zero-order chi connectivity index (χ0) is 13.5. The van der Waals surface area contributed by atoms with Crippen molar-refractivity contribution >= 4 is 12.0 Å². The number of aliphatic hydroxyl groups is 1. The predicted molar refractivity (Wildman–Crippen MR) is 63.1 cm³/mol. The summed E-state index contributed by atoms with van der Waals surface area (Å²) < 4.78 is 0. The van der Waals surface area contributed by atoms with Crippen molar-refractivity contribution in [1.82, 2.24) is 15.2 Å². The first-order chi connectivity index (χ1) is 8.54. The van der Waals surface area contributed by atoms with Gasteiger partial charge < -0.3 is 20.4 Å². The monoisotopic (exact) mass is 253 g/mol. The van der Waals surface area contributed by atoms with Gasteiger partial charge in [0.1, 0.15) is 0 Å². The van der Waals surface area contributed by atoms with E-state index in [2.05, 4.69) is 10.3 Å². The highest BCUT2D eigenvalue weighted by molar-refractivity contribution is 5.87. The van der Waals surface area contributed by atoms with E-state index < -0.39 is 5.97 Å². The predicted octanol–water partition coefficient (Wildman–Crippen LogP) is -0.0865. The van der Waals surface area contributed by atoms with Gasteiger partial charge >= 0.3 is 12.0 Å². The summed E-state index contributed by atoms with van der Waals surface area (Å²) in [6.45, 7) is 0.251. The fourth-order valence-electron chi connectivity index (χ4n) is 1.26. The summed E-state index contributed by atoms with van der Waals surface area (Å²) in [6.07, 6.45) is 1.38. The fourth-order valence-corrected chi connectivity index (χ4v) is 1.26. The van der Waals surface area contributed by atoms with E-state index in [-0.39, 0.29) is 31.3 Å². The van der Waals surface area contributed by atoms with Crippen molar-refractivity contribution in [3.8, 4) is 0 Å². The second kappa shape index (κ2) is 6.55. The SMILES string of the molecule is CN(CCO)C(=O)NCc1cc(C(=O)O)ccn1. The molecule has 0 saturated carbocycles. The molecule has 0 spiro atoms. The Morgan fingerprint density at radius 2 is 2.22 bits per heavy atom. The average Bonchev–Trinajstić information content (AvgIpc) is 2.36. The molecule has 1 rings (SSSR count). The summed E-state index contributed by atoms with van der Waals surface area (Å²) in [5, 5.41) is 20.0. The fraction of sp³-hybridized carbons (Fsp3) is 0.364. The van der Waals surface area contributed by atoms with Crippen LogP contribution in [0.2, 0.25) is 0 Å². The van der Waals surface area contributed by atoms with Gasteiger partial charge in [-0.2, -0.15) is 0 Å². The molecule has 1 aromatic heterocycles. The maximum Gasteiger partial charge on any atom is 0.335 e. The van der Waals surface area contributed by atoms with Crippen molar-refractivity contribution in [2.75, 3.05) is 20.2 Å². The highest BCUT2D eigenvalue weighted by atomic mass is 16.4. The van der Waals surface area contributed by atoms with E-state index in [4.69, 9.17) is 10.2 Å². The number of urea groups is 1. The Morgan fingerprint density at radius 3 is 2.83 bits per heavy atom. The van der Waals surface area contributed by atoms with E-state index >= 15 is 0 Å². The van der Waals surface area contributed by atoms with Crippen molar-refractivity contribution in [3.63, 3.8) is 0 Å². The van der Waals surface area contributed by atoms with Gasteiger partial charge in [0.15, 0.2) is 0 Å². The summed E-state index contributed by atoms with van der Waals surface area (Å²) in [5.41, 5.74) is 0.582. The number of carbonyl (C=O) groups is 2. The number of aromatic nitrogens is 1.